The fourth-order valence-electron chi connectivity index (χ4n) is 1.45. The van der Waals surface area contributed by atoms with E-state index in [1.165, 1.54) is 32.6 Å². The molecular formula is C13H24O3. The molecule has 0 spiro atoms. The number of methoxy groups -OCH3 is 1. The number of ether oxygens (including phenoxy) is 2. The molecule has 0 radical (unpaired) electrons. The van der Waals surface area contributed by atoms with Crippen LogP contribution in [0.15, 0.2) is 12.3 Å². The molecule has 0 aliphatic carbocycles. The molecule has 0 aromatic carbocycles. The molecule has 0 aromatic heterocycles. The third-order valence-corrected chi connectivity index (χ3v) is 2.30. The van der Waals surface area contributed by atoms with Gasteiger partial charge in [-0.25, -0.2) is 0 Å². The second-order valence-electron chi connectivity index (χ2n) is 3.86. The fraction of sp³-hybridized carbons (Fsp3) is 0.769. The normalized spacial score (nSPS) is 10.6. The molecule has 3 nitrogen and oxygen atoms in total. The first-order valence-electron chi connectivity index (χ1n) is 6.08. The topological polar surface area (TPSA) is 35.5 Å². The second kappa shape index (κ2) is 12.1. The van der Waals surface area contributed by atoms with Crippen molar-refractivity contribution in [1.29, 1.82) is 0 Å². The van der Waals surface area contributed by atoms with Crippen LogP contribution in [-0.4, -0.2) is 19.7 Å². The molecule has 0 rings (SSSR count). The first kappa shape index (κ1) is 15.0. The van der Waals surface area contributed by atoms with Crippen molar-refractivity contribution in [1.82, 2.24) is 0 Å². The SMILES string of the molecule is CO/C=C/CCCCCCCCOC(C)=O. The van der Waals surface area contributed by atoms with Crippen LogP contribution in [0.25, 0.3) is 0 Å². The van der Waals surface area contributed by atoms with E-state index in [0.29, 0.717) is 6.61 Å². The molecule has 0 amide bonds. The van der Waals surface area contributed by atoms with Crippen LogP contribution in [0.1, 0.15) is 51.9 Å². The molecule has 0 atom stereocenters. The van der Waals surface area contributed by atoms with Crippen molar-refractivity contribution in [3.63, 3.8) is 0 Å². The highest BCUT2D eigenvalue weighted by Gasteiger charge is 1.93. The van der Waals surface area contributed by atoms with Gasteiger partial charge in [-0.05, 0) is 25.3 Å². The molecule has 0 aromatic rings. The van der Waals surface area contributed by atoms with E-state index >= 15 is 0 Å². The molecule has 0 aliphatic heterocycles. The van der Waals surface area contributed by atoms with E-state index in [4.69, 9.17) is 9.47 Å². The lowest BCUT2D eigenvalue weighted by Gasteiger charge is -2.01. The van der Waals surface area contributed by atoms with Gasteiger partial charge in [-0.15, -0.1) is 0 Å². The van der Waals surface area contributed by atoms with Crippen molar-refractivity contribution in [3.05, 3.63) is 12.3 Å². The molecule has 0 saturated heterocycles. The summed E-state index contributed by atoms with van der Waals surface area (Å²) in [7, 11) is 1.67. The molecule has 0 unspecified atom stereocenters. The van der Waals surface area contributed by atoms with Crippen LogP contribution in [-0.2, 0) is 14.3 Å². The molecule has 0 bridgehead atoms. The summed E-state index contributed by atoms with van der Waals surface area (Å²) in [5.74, 6) is -0.176. The molecule has 3 heteroatoms. The Balaban J connectivity index is 2.98. The Hall–Kier alpha value is -0.990. The van der Waals surface area contributed by atoms with Gasteiger partial charge >= 0.3 is 5.97 Å². The summed E-state index contributed by atoms with van der Waals surface area (Å²) < 4.78 is 9.66. The highest BCUT2D eigenvalue weighted by molar-refractivity contribution is 5.65. The fourth-order valence-corrected chi connectivity index (χ4v) is 1.45. The summed E-state index contributed by atoms with van der Waals surface area (Å²) in [6, 6.07) is 0. The van der Waals surface area contributed by atoms with E-state index in [9.17, 15) is 4.79 Å². The standard InChI is InChI=1S/C13H24O3/c1-13(14)16-12-10-8-6-4-3-5-7-9-11-15-2/h9,11H,3-8,10,12H2,1-2H3/b11-9+. The lowest BCUT2D eigenvalue weighted by Crippen LogP contribution is -1.99. The number of carbonyl (C=O) groups is 1. The number of carbonyl (C=O) groups excluding carboxylic acids is 1. The zero-order chi connectivity index (χ0) is 12.1. The van der Waals surface area contributed by atoms with Gasteiger partial charge in [-0.1, -0.05) is 25.7 Å². The molecule has 0 heterocycles. The van der Waals surface area contributed by atoms with Gasteiger partial charge in [0.1, 0.15) is 0 Å². The van der Waals surface area contributed by atoms with Crippen LogP contribution in [0.2, 0.25) is 0 Å². The van der Waals surface area contributed by atoms with Gasteiger partial charge in [0.15, 0.2) is 0 Å². The Bertz CT molecular complexity index is 188. The first-order chi connectivity index (χ1) is 7.77. The number of hydrogen-bond donors (Lipinski definition) is 0. The van der Waals surface area contributed by atoms with E-state index in [-0.39, 0.29) is 5.97 Å². The lowest BCUT2D eigenvalue weighted by atomic mass is 10.1. The van der Waals surface area contributed by atoms with Gasteiger partial charge in [0.25, 0.3) is 0 Å². The van der Waals surface area contributed by atoms with Gasteiger partial charge < -0.3 is 9.47 Å². The number of esters is 1. The third-order valence-electron chi connectivity index (χ3n) is 2.30. The average Bonchev–Trinajstić information content (AvgIpc) is 2.25. The molecule has 16 heavy (non-hydrogen) atoms. The average molecular weight is 228 g/mol. The third kappa shape index (κ3) is 13.0. The number of unbranched alkanes of at least 4 members (excludes halogenated alkanes) is 6. The molecular weight excluding hydrogens is 204 g/mol. The summed E-state index contributed by atoms with van der Waals surface area (Å²) in [6.07, 6.45) is 12.0. The summed E-state index contributed by atoms with van der Waals surface area (Å²) in [4.78, 5) is 10.5. The number of allylic oxidation sites excluding steroid dienone is 1. The van der Waals surface area contributed by atoms with E-state index in [2.05, 4.69) is 6.08 Å². The maximum absolute atomic E-state index is 10.5. The predicted molar refractivity (Wildman–Crippen MR) is 65.1 cm³/mol. The van der Waals surface area contributed by atoms with Gasteiger partial charge in [-0.3, -0.25) is 4.79 Å². The minimum absolute atomic E-state index is 0.176. The largest absolute Gasteiger partial charge is 0.505 e. The van der Waals surface area contributed by atoms with Crippen LogP contribution in [0.4, 0.5) is 0 Å². The van der Waals surface area contributed by atoms with Crippen molar-refractivity contribution >= 4 is 5.97 Å². The van der Waals surface area contributed by atoms with E-state index in [1.807, 2.05) is 0 Å². The zero-order valence-corrected chi connectivity index (χ0v) is 10.5. The van der Waals surface area contributed by atoms with Crippen LogP contribution in [0.5, 0.6) is 0 Å². The second-order valence-corrected chi connectivity index (χ2v) is 3.86. The molecule has 0 N–H and O–H groups in total. The van der Waals surface area contributed by atoms with Gasteiger partial charge in [0.05, 0.1) is 20.0 Å². The van der Waals surface area contributed by atoms with Crippen molar-refractivity contribution < 1.29 is 14.3 Å². The van der Waals surface area contributed by atoms with Crippen LogP contribution >= 0.6 is 0 Å². The van der Waals surface area contributed by atoms with Crippen molar-refractivity contribution in [2.24, 2.45) is 0 Å². The molecule has 0 fully saturated rings. The Morgan fingerprint density at radius 2 is 1.69 bits per heavy atom. The van der Waals surface area contributed by atoms with E-state index in [0.717, 1.165) is 19.3 Å². The molecule has 94 valence electrons. The Labute approximate surface area is 98.8 Å². The lowest BCUT2D eigenvalue weighted by molar-refractivity contribution is -0.141. The number of rotatable bonds is 10. The highest BCUT2D eigenvalue weighted by atomic mass is 16.5. The Morgan fingerprint density at radius 3 is 2.31 bits per heavy atom. The molecule has 0 aliphatic rings. The van der Waals surface area contributed by atoms with Crippen LogP contribution in [0, 0.1) is 0 Å². The quantitative estimate of drug-likeness (QED) is 0.326. The van der Waals surface area contributed by atoms with Crippen molar-refractivity contribution in [2.75, 3.05) is 13.7 Å². The van der Waals surface area contributed by atoms with Crippen LogP contribution < -0.4 is 0 Å². The van der Waals surface area contributed by atoms with Gasteiger partial charge in [0, 0.05) is 6.92 Å². The summed E-state index contributed by atoms with van der Waals surface area (Å²) >= 11 is 0. The van der Waals surface area contributed by atoms with E-state index in [1.54, 1.807) is 13.4 Å². The predicted octanol–water partition coefficient (Wildman–Crippen LogP) is 3.44. The Morgan fingerprint density at radius 1 is 1.06 bits per heavy atom. The zero-order valence-electron chi connectivity index (χ0n) is 10.5. The first-order valence-corrected chi connectivity index (χ1v) is 6.08. The minimum Gasteiger partial charge on any atom is -0.505 e. The van der Waals surface area contributed by atoms with Crippen LogP contribution in [0.3, 0.4) is 0 Å². The minimum atomic E-state index is -0.176. The van der Waals surface area contributed by atoms with Gasteiger partial charge in [-0.2, -0.15) is 0 Å². The van der Waals surface area contributed by atoms with Crippen molar-refractivity contribution in [3.8, 4) is 0 Å². The molecule has 0 saturated carbocycles. The number of hydrogen-bond acceptors (Lipinski definition) is 3. The van der Waals surface area contributed by atoms with Gasteiger partial charge in [0.2, 0.25) is 0 Å². The summed E-state index contributed by atoms with van der Waals surface area (Å²) in [5.41, 5.74) is 0. The summed E-state index contributed by atoms with van der Waals surface area (Å²) in [6.45, 7) is 2.03. The smallest absolute Gasteiger partial charge is 0.302 e. The summed E-state index contributed by atoms with van der Waals surface area (Å²) in [5, 5.41) is 0. The van der Waals surface area contributed by atoms with E-state index < -0.39 is 0 Å². The Kier molecular flexibility index (Phi) is 11.3. The highest BCUT2D eigenvalue weighted by Crippen LogP contribution is 2.07. The van der Waals surface area contributed by atoms with Crippen molar-refractivity contribution in [2.45, 2.75) is 51.9 Å². The monoisotopic (exact) mass is 228 g/mol. The maximum Gasteiger partial charge on any atom is 0.302 e. The maximum atomic E-state index is 10.5.